The van der Waals surface area contributed by atoms with Crippen molar-refractivity contribution in [3.8, 4) is 5.75 Å². The lowest BCUT2D eigenvalue weighted by molar-refractivity contribution is 0.139. The van der Waals surface area contributed by atoms with Crippen molar-refractivity contribution in [3.63, 3.8) is 0 Å². The van der Waals surface area contributed by atoms with E-state index in [1.165, 1.54) is 0 Å². The Kier molecular flexibility index (Phi) is 3.44. The molecule has 2 rings (SSSR count). The first kappa shape index (κ1) is 11.4. The molecule has 1 saturated heterocycles. The number of rotatable bonds is 2. The second-order valence-electron chi connectivity index (χ2n) is 4.45. The molecular formula is C13H18FNO. The molecule has 0 N–H and O–H groups in total. The number of benzene rings is 1. The lowest BCUT2D eigenvalue weighted by atomic mass is 9.88. The fraction of sp³-hybridized carbons (Fsp3) is 0.538. The van der Waals surface area contributed by atoms with E-state index >= 15 is 0 Å². The van der Waals surface area contributed by atoms with Gasteiger partial charge in [0.2, 0.25) is 0 Å². The van der Waals surface area contributed by atoms with Gasteiger partial charge in [0.25, 0.3) is 0 Å². The van der Waals surface area contributed by atoms with Crippen LogP contribution < -0.4 is 4.74 Å². The zero-order valence-corrected chi connectivity index (χ0v) is 9.82. The standard InChI is InChI=1S/C13H18FNO/c1-15-8-7-12(13(14)9-15)10-3-5-11(16-2)6-4-10/h3-6,12-13H,7-9H2,1-2H3. The average molecular weight is 223 g/mol. The normalized spacial score (nSPS) is 26.7. The number of ether oxygens (including phenoxy) is 1. The van der Waals surface area contributed by atoms with Crippen molar-refractivity contribution in [2.24, 2.45) is 0 Å². The second kappa shape index (κ2) is 4.83. The van der Waals surface area contributed by atoms with Gasteiger partial charge in [-0.25, -0.2) is 4.39 Å². The van der Waals surface area contributed by atoms with Gasteiger partial charge in [0.15, 0.2) is 0 Å². The molecule has 1 aromatic carbocycles. The molecular weight excluding hydrogens is 205 g/mol. The Bertz CT molecular complexity index is 338. The van der Waals surface area contributed by atoms with Crippen molar-refractivity contribution >= 4 is 0 Å². The van der Waals surface area contributed by atoms with Crippen LogP contribution in [0.4, 0.5) is 4.39 Å². The predicted molar refractivity (Wildman–Crippen MR) is 62.7 cm³/mol. The Morgan fingerprint density at radius 1 is 1.31 bits per heavy atom. The molecule has 0 aromatic heterocycles. The molecule has 1 fully saturated rings. The maximum atomic E-state index is 13.9. The molecule has 0 saturated carbocycles. The monoisotopic (exact) mass is 223 g/mol. The van der Waals surface area contributed by atoms with Gasteiger partial charge in [-0.3, -0.25) is 0 Å². The summed E-state index contributed by atoms with van der Waals surface area (Å²) in [5, 5.41) is 0. The van der Waals surface area contributed by atoms with Crippen molar-refractivity contribution in [1.29, 1.82) is 0 Å². The minimum Gasteiger partial charge on any atom is -0.497 e. The van der Waals surface area contributed by atoms with Crippen molar-refractivity contribution < 1.29 is 9.13 Å². The molecule has 1 heterocycles. The van der Waals surface area contributed by atoms with Crippen molar-refractivity contribution in [1.82, 2.24) is 4.90 Å². The summed E-state index contributed by atoms with van der Waals surface area (Å²) < 4.78 is 19.0. The lowest BCUT2D eigenvalue weighted by Gasteiger charge is -2.32. The highest BCUT2D eigenvalue weighted by atomic mass is 19.1. The molecule has 0 spiro atoms. The van der Waals surface area contributed by atoms with E-state index in [9.17, 15) is 4.39 Å². The third-order valence-electron chi connectivity index (χ3n) is 3.29. The zero-order chi connectivity index (χ0) is 11.5. The van der Waals surface area contributed by atoms with Crippen LogP contribution in [0.5, 0.6) is 5.75 Å². The number of nitrogens with zero attached hydrogens (tertiary/aromatic N) is 1. The molecule has 2 unspecified atom stereocenters. The van der Waals surface area contributed by atoms with Crippen LogP contribution in [-0.4, -0.2) is 38.3 Å². The third kappa shape index (κ3) is 2.35. The van der Waals surface area contributed by atoms with Gasteiger partial charge in [-0.15, -0.1) is 0 Å². The van der Waals surface area contributed by atoms with Crippen LogP contribution >= 0.6 is 0 Å². The van der Waals surface area contributed by atoms with Crippen molar-refractivity contribution in [2.75, 3.05) is 27.2 Å². The number of halogens is 1. The van der Waals surface area contributed by atoms with Gasteiger partial charge >= 0.3 is 0 Å². The van der Waals surface area contributed by atoms with E-state index in [1.54, 1.807) is 7.11 Å². The largest absolute Gasteiger partial charge is 0.497 e. The first-order valence-corrected chi connectivity index (χ1v) is 5.67. The van der Waals surface area contributed by atoms with Gasteiger partial charge in [-0.1, -0.05) is 12.1 Å². The van der Waals surface area contributed by atoms with Crippen LogP contribution in [0.2, 0.25) is 0 Å². The minimum absolute atomic E-state index is 0.0436. The zero-order valence-electron chi connectivity index (χ0n) is 9.82. The van der Waals surface area contributed by atoms with E-state index in [-0.39, 0.29) is 5.92 Å². The van der Waals surface area contributed by atoms with Gasteiger partial charge < -0.3 is 9.64 Å². The Hall–Kier alpha value is -1.09. The summed E-state index contributed by atoms with van der Waals surface area (Å²) in [7, 11) is 3.61. The van der Waals surface area contributed by atoms with E-state index in [0.29, 0.717) is 6.54 Å². The van der Waals surface area contributed by atoms with Crippen LogP contribution in [0.1, 0.15) is 17.9 Å². The summed E-state index contributed by atoms with van der Waals surface area (Å²) in [4.78, 5) is 2.05. The Labute approximate surface area is 96.0 Å². The van der Waals surface area contributed by atoms with Crippen LogP contribution in [-0.2, 0) is 0 Å². The molecule has 88 valence electrons. The molecule has 1 aliphatic heterocycles. The molecule has 3 heteroatoms. The maximum Gasteiger partial charge on any atom is 0.120 e. The summed E-state index contributed by atoms with van der Waals surface area (Å²) in [6.45, 7) is 1.51. The Morgan fingerprint density at radius 3 is 2.56 bits per heavy atom. The van der Waals surface area contributed by atoms with E-state index in [1.807, 2.05) is 36.2 Å². The Morgan fingerprint density at radius 2 is 2.00 bits per heavy atom. The summed E-state index contributed by atoms with van der Waals surface area (Å²) in [6, 6.07) is 7.75. The molecule has 1 aliphatic rings. The van der Waals surface area contributed by atoms with Crippen LogP contribution in [0.15, 0.2) is 24.3 Å². The number of alkyl halides is 1. The highest BCUT2D eigenvalue weighted by molar-refractivity contribution is 5.30. The van der Waals surface area contributed by atoms with Gasteiger partial charge in [-0.05, 0) is 37.7 Å². The predicted octanol–water partition coefficient (Wildman–Crippen LogP) is 2.45. The number of likely N-dealkylation sites (tertiary alicyclic amines) is 1. The number of hydrogen-bond acceptors (Lipinski definition) is 2. The SMILES string of the molecule is COc1ccc(C2CCN(C)CC2F)cc1. The second-order valence-corrected chi connectivity index (χ2v) is 4.45. The van der Waals surface area contributed by atoms with Crippen LogP contribution in [0, 0.1) is 0 Å². The molecule has 0 bridgehead atoms. The quantitative estimate of drug-likeness (QED) is 0.763. The first-order chi connectivity index (χ1) is 7.70. The van der Waals surface area contributed by atoms with Crippen molar-refractivity contribution in [2.45, 2.75) is 18.5 Å². The molecule has 0 amide bonds. The van der Waals surface area contributed by atoms with Crippen LogP contribution in [0.25, 0.3) is 0 Å². The molecule has 1 aromatic rings. The Balaban J connectivity index is 2.11. The summed E-state index contributed by atoms with van der Waals surface area (Å²) >= 11 is 0. The lowest BCUT2D eigenvalue weighted by Crippen LogP contribution is -2.38. The molecule has 0 radical (unpaired) electrons. The van der Waals surface area contributed by atoms with E-state index < -0.39 is 6.17 Å². The van der Waals surface area contributed by atoms with Gasteiger partial charge in [0.05, 0.1) is 7.11 Å². The van der Waals surface area contributed by atoms with Gasteiger partial charge in [0, 0.05) is 12.5 Å². The number of hydrogen-bond donors (Lipinski definition) is 0. The molecule has 2 nitrogen and oxygen atoms in total. The van der Waals surface area contributed by atoms with Gasteiger partial charge in [-0.2, -0.15) is 0 Å². The smallest absolute Gasteiger partial charge is 0.120 e. The topological polar surface area (TPSA) is 12.5 Å². The summed E-state index contributed by atoms with van der Waals surface area (Å²) in [6.07, 6.45) is 0.136. The molecule has 16 heavy (non-hydrogen) atoms. The van der Waals surface area contributed by atoms with E-state index in [2.05, 4.69) is 0 Å². The van der Waals surface area contributed by atoms with E-state index in [0.717, 1.165) is 24.3 Å². The number of piperidine rings is 1. The average Bonchev–Trinajstić information content (AvgIpc) is 2.29. The minimum atomic E-state index is -0.757. The highest BCUT2D eigenvalue weighted by Crippen LogP contribution is 2.30. The molecule has 2 atom stereocenters. The van der Waals surface area contributed by atoms with Gasteiger partial charge in [0.1, 0.15) is 11.9 Å². The summed E-state index contributed by atoms with van der Waals surface area (Å²) in [5.41, 5.74) is 1.08. The van der Waals surface area contributed by atoms with E-state index in [4.69, 9.17) is 4.74 Å². The van der Waals surface area contributed by atoms with Crippen molar-refractivity contribution in [3.05, 3.63) is 29.8 Å². The fourth-order valence-electron chi connectivity index (χ4n) is 2.28. The highest BCUT2D eigenvalue weighted by Gasteiger charge is 2.28. The maximum absolute atomic E-state index is 13.9. The number of methoxy groups -OCH3 is 1. The third-order valence-corrected chi connectivity index (χ3v) is 3.29. The first-order valence-electron chi connectivity index (χ1n) is 5.67. The molecule has 0 aliphatic carbocycles. The van der Waals surface area contributed by atoms with Crippen LogP contribution in [0.3, 0.4) is 0 Å². The summed E-state index contributed by atoms with van der Waals surface area (Å²) in [5.74, 6) is 0.870. The fourth-order valence-corrected chi connectivity index (χ4v) is 2.28.